The predicted octanol–water partition coefficient (Wildman–Crippen LogP) is -0.708. The molecule has 6 nitrogen and oxygen atoms in total. The Morgan fingerprint density at radius 3 is 2.69 bits per heavy atom. The van der Waals surface area contributed by atoms with Gasteiger partial charge in [0.05, 0.1) is 25.2 Å². The van der Waals surface area contributed by atoms with Crippen LogP contribution in [-0.4, -0.2) is 49.2 Å². The van der Waals surface area contributed by atoms with Gasteiger partial charge in [-0.3, -0.25) is 4.79 Å². The molecule has 2 saturated heterocycles. The molecule has 2 fully saturated rings. The average molecular weight is 227 g/mol. The lowest BCUT2D eigenvalue weighted by atomic mass is 9.97. The lowest BCUT2D eigenvalue weighted by Gasteiger charge is -2.33. The van der Waals surface area contributed by atoms with E-state index in [4.69, 9.17) is 10.5 Å². The van der Waals surface area contributed by atoms with Gasteiger partial charge in [-0.25, -0.2) is 4.79 Å². The van der Waals surface area contributed by atoms with E-state index in [0.717, 1.165) is 12.8 Å². The highest BCUT2D eigenvalue weighted by atomic mass is 16.5. The van der Waals surface area contributed by atoms with E-state index in [2.05, 4.69) is 5.32 Å². The summed E-state index contributed by atoms with van der Waals surface area (Å²) >= 11 is 0. The van der Waals surface area contributed by atoms with Crippen LogP contribution in [0.25, 0.3) is 0 Å². The van der Waals surface area contributed by atoms with Crippen molar-refractivity contribution in [3.05, 3.63) is 0 Å². The SMILES string of the molecule is NC(=O)N1CCCC(C(=O)NC2COC2)C1. The maximum absolute atomic E-state index is 11.8. The first-order valence-corrected chi connectivity index (χ1v) is 5.59. The van der Waals surface area contributed by atoms with Crippen LogP contribution in [0.1, 0.15) is 12.8 Å². The minimum absolute atomic E-state index is 0.0132. The van der Waals surface area contributed by atoms with Gasteiger partial charge >= 0.3 is 6.03 Å². The first-order valence-electron chi connectivity index (χ1n) is 5.59. The first-order chi connectivity index (χ1) is 7.66. The Kier molecular flexibility index (Phi) is 3.28. The number of hydrogen-bond acceptors (Lipinski definition) is 3. The number of nitrogens with zero attached hydrogens (tertiary/aromatic N) is 1. The quantitative estimate of drug-likeness (QED) is 0.653. The van der Waals surface area contributed by atoms with Crippen molar-refractivity contribution in [2.24, 2.45) is 11.7 Å². The summed E-state index contributed by atoms with van der Waals surface area (Å²) in [5.74, 6) is -0.110. The van der Waals surface area contributed by atoms with Gasteiger partial charge in [-0.15, -0.1) is 0 Å². The molecule has 0 spiro atoms. The molecule has 0 radical (unpaired) electrons. The number of hydrogen-bond donors (Lipinski definition) is 2. The number of nitrogens with one attached hydrogen (secondary N) is 1. The number of rotatable bonds is 2. The smallest absolute Gasteiger partial charge is 0.314 e. The molecule has 3 N–H and O–H groups in total. The molecule has 0 aromatic carbocycles. The van der Waals surface area contributed by atoms with Crippen LogP contribution in [0.5, 0.6) is 0 Å². The monoisotopic (exact) mass is 227 g/mol. The highest BCUT2D eigenvalue weighted by molar-refractivity contribution is 5.80. The topological polar surface area (TPSA) is 84.7 Å². The summed E-state index contributed by atoms with van der Waals surface area (Å²) in [6.45, 7) is 2.29. The van der Waals surface area contributed by atoms with E-state index in [1.807, 2.05) is 0 Å². The minimum atomic E-state index is -0.440. The first kappa shape index (κ1) is 11.2. The summed E-state index contributed by atoms with van der Waals surface area (Å²) in [5, 5.41) is 2.90. The Balaban J connectivity index is 1.83. The molecule has 3 amide bonds. The van der Waals surface area contributed by atoms with Gasteiger partial charge in [0.25, 0.3) is 0 Å². The molecule has 0 saturated carbocycles. The molecule has 2 rings (SSSR count). The molecule has 0 aromatic rings. The fraction of sp³-hybridized carbons (Fsp3) is 0.800. The van der Waals surface area contributed by atoms with Gasteiger partial charge in [-0.2, -0.15) is 0 Å². The molecule has 1 unspecified atom stereocenters. The van der Waals surface area contributed by atoms with Crippen molar-refractivity contribution in [1.29, 1.82) is 0 Å². The van der Waals surface area contributed by atoms with Crippen LogP contribution in [0, 0.1) is 5.92 Å². The van der Waals surface area contributed by atoms with E-state index < -0.39 is 6.03 Å². The number of likely N-dealkylation sites (tertiary alicyclic amines) is 1. The Morgan fingerprint density at radius 2 is 2.12 bits per heavy atom. The second-order valence-electron chi connectivity index (χ2n) is 4.37. The van der Waals surface area contributed by atoms with Gasteiger partial charge in [0, 0.05) is 13.1 Å². The van der Waals surface area contributed by atoms with Crippen molar-refractivity contribution < 1.29 is 14.3 Å². The van der Waals surface area contributed by atoms with Gasteiger partial charge in [0.2, 0.25) is 5.91 Å². The van der Waals surface area contributed by atoms with Crippen LogP contribution in [-0.2, 0) is 9.53 Å². The molecule has 0 bridgehead atoms. The molecule has 2 heterocycles. The summed E-state index contributed by atoms with van der Waals surface area (Å²) in [4.78, 5) is 24.4. The molecule has 1 atom stereocenters. The van der Waals surface area contributed by atoms with E-state index >= 15 is 0 Å². The molecular formula is C10H17N3O3. The standard InChI is InChI=1S/C10H17N3O3/c11-10(15)13-3-1-2-7(4-13)9(14)12-8-5-16-6-8/h7-8H,1-6H2,(H2,11,15)(H,12,14). The zero-order valence-electron chi connectivity index (χ0n) is 9.15. The second kappa shape index (κ2) is 4.69. The van der Waals surface area contributed by atoms with Crippen molar-refractivity contribution in [3.63, 3.8) is 0 Å². The summed E-state index contributed by atoms with van der Waals surface area (Å²) in [6.07, 6.45) is 1.66. The fourth-order valence-electron chi connectivity index (χ4n) is 2.03. The number of piperidine rings is 1. The zero-order valence-corrected chi connectivity index (χ0v) is 9.15. The van der Waals surface area contributed by atoms with Crippen molar-refractivity contribution in [1.82, 2.24) is 10.2 Å². The number of nitrogens with two attached hydrogens (primary N) is 1. The van der Waals surface area contributed by atoms with E-state index in [1.54, 1.807) is 0 Å². The number of carbonyl (C=O) groups is 2. The van der Waals surface area contributed by atoms with Gasteiger partial charge < -0.3 is 20.7 Å². The second-order valence-corrected chi connectivity index (χ2v) is 4.37. The highest BCUT2D eigenvalue weighted by Gasteiger charge is 2.30. The van der Waals surface area contributed by atoms with Crippen LogP contribution in [0.3, 0.4) is 0 Å². The minimum Gasteiger partial charge on any atom is -0.377 e. The number of amides is 3. The third-order valence-corrected chi connectivity index (χ3v) is 3.09. The third-order valence-electron chi connectivity index (χ3n) is 3.09. The molecule has 0 aliphatic carbocycles. The summed E-state index contributed by atoms with van der Waals surface area (Å²) < 4.78 is 4.98. The largest absolute Gasteiger partial charge is 0.377 e. The Labute approximate surface area is 94.1 Å². The average Bonchev–Trinajstić information content (AvgIpc) is 2.23. The highest BCUT2D eigenvalue weighted by Crippen LogP contribution is 2.17. The molecule has 90 valence electrons. The molecule has 0 aromatic heterocycles. The van der Waals surface area contributed by atoms with Crippen LogP contribution < -0.4 is 11.1 Å². The van der Waals surface area contributed by atoms with Gasteiger partial charge in [0.1, 0.15) is 0 Å². The molecule has 2 aliphatic rings. The van der Waals surface area contributed by atoms with E-state index in [9.17, 15) is 9.59 Å². The van der Waals surface area contributed by atoms with Crippen LogP contribution in [0.2, 0.25) is 0 Å². The van der Waals surface area contributed by atoms with E-state index in [0.29, 0.717) is 26.3 Å². The maximum Gasteiger partial charge on any atom is 0.314 e. The van der Waals surface area contributed by atoms with Gasteiger partial charge in [0.15, 0.2) is 0 Å². The maximum atomic E-state index is 11.8. The van der Waals surface area contributed by atoms with Crippen molar-refractivity contribution in [3.8, 4) is 0 Å². The van der Waals surface area contributed by atoms with Crippen molar-refractivity contribution in [2.45, 2.75) is 18.9 Å². The number of urea groups is 1. The van der Waals surface area contributed by atoms with Crippen LogP contribution >= 0.6 is 0 Å². The Hall–Kier alpha value is -1.30. The third kappa shape index (κ3) is 2.44. The number of ether oxygens (including phenoxy) is 1. The lowest BCUT2D eigenvalue weighted by Crippen LogP contribution is -2.53. The zero-order chi connectivity index (χ0) is 11.5. The number of carbonyl (C=O) groups excluding carboxylic acids is 2. The van der Waals surface area contributed by atoms with Gasteiger partial charge in [-0.05, 0) is 12.8 Å². The molecule has 16 heavy (non-hydrogen) atoms. The summed E-state index contributed by atoms with van der Waals surface area (Å²) in [5.41, 5.74) is 5.20. The van der Waals surface area contributed by atoms with Crippen molar-refractivity contribution in [2.75, 3.05) is 26.3 Å². The molecule has 6 heteroatoms. The number of primary amides is 1. The van der Waals surface area contributed by atoms with Gasteiger partial charge in [-0.1, -0.05) is 0 Å². The summed E-state index contributed by atoms with van der Waals surface area (Å²) in [6, 6.07) is -0.291. The molecular weight excluding hydrogens is 210 g/mol. The predicted molar refractivity (Wildman–Crippen MR) is 56.6 cm³/mol. The fourth-order valence-corrected chi connectivity index (χ4v) is 2.03. The van der Waals surface area contributed by atoms with Crippen LogP contribution in [0.4, 0.5) is 4.79 Å². The van der Waals surface area contributed by atoms with Crippen molar-refractivity contribution >= 4 is 11.9 Å². The van der Waals surface area contributed by atoms with E-state index in [-0.39, 0.29) is 17.9 Å². The lowest BCUT2D eigenvalue weighted by molar-refractivity contribution is -0.130. The Bertz CT molecular complexity index is 291. The van der Waals surface area contributed by atoms with Crippen LogP contribution in [0.15, 0.2) is 0 Å². The summed E-state index contributed by atoms with van der Waals surface area (Å²) in [7, 11) is 0. The normalized spacial score (nSPS) is 26.0. The molecule has 2 aliphatic heterocycles. The Morgan fingerprint density at radius 1 is 1.38 bits per heavy atom. The van der Waals surface area contributed by atoms with E-state index in [1.165, 1.54) is 4.90 Å².